The van der Waals surface area contributed by atoms with Gasteiger partial charge in [-0.05, 0) is 17.2 Å². The summed E-state index contributed by atoms with van der Waals surface area (Å²) in [7, 11) is 0. The van der Waals surface area contributed by atoms with Crippen molar-refractivity contribution in [1.29, 1.82) is 0 Å². The smallest absolute Gasteiger partial charge is 0.354 e. The first-order valence-electron chi connectivity index (χ1n) is 6.34. The maximum absolute atomic E-state index is 11.9. The normalized spacial score (nSPS) is 11.7. The second kappa shape index (κ2) is 6.62. The number of benzene rings is 1. The molecule has 0 aliphatic heterocycles. The molecule has 6 nitrogen and oxygen atoms in total. The Kier molecular flexibility index (Phi) is 4.63. The number of hydrogen-bond donors (Lipinski definition) is 3. The number of nitrogens with one attached hydrogen (secondary N) is 1. The molecule has 0 saturated carbocycles. The Hall–Kier alpha value is -2.73. The number of nitrogens with two attached hydrogens (primary N) is 1. The van der Waals surface area contributed by atoms with Gasteiger partial charge in [-0.3, -0.25) is 4.79 Å². The molecule has 4 N–H and O–H groups in total. The van der Waals surface area contributed by atoms with Gasteiger partial charge in [0.1, 0.15) is 11.7 Å². The number of carboxylic acids is 1. The molecule has 2 aromatic rings. The summed E-state index contributed by atoms with van der Waals surface area (Å²) in [6.07, 6.45) is 1.41. The van der Waals surface area contributed by atoms with Crippen LogP contribution in [0.1, 0.15) is 27.7 Å². The number of carbonyl (C=O) groups is 2. The van der Waals surface area contributed by atoms with E-state index in [1.807, 2.05) is 18.2 Å². The van der Waals surface area contributed by atoms with E-state index in [1.54, 1.807) is 18.2 Å². The summed E-state index contributed by atoms with van der Waals surface area (Å²) in [6, 6.07) is 11.3. The molecule has 0 aliphatic rings. The van der Waals surface area contributed by atoms with Crippen LogP contribution < -0.4 is 11.1 Å². The molecule has 1 amide bonds. The second-order valence-electron chi connectivity index (χ2n) is 4.46. The molecule has 0 radical (unpaired) electrons. The van der Waals surface area contributed by atoms with Crippen molar-refractivity contribution in [3.05, 3.63) is 65.5 Å². The molecular weight excluding hydrogens is 270 g/mol. The van der Waals surface area contributed by atoms with Crippen molar-refractivity contribution in [1.82, 2.24) is 10.3 Å². The minimum atomic E-state index is -1.09. The van der Waals surface area contributed by atoms with Crippen molar-refractivity contribution < 1.29 is 14.7 Å². The van der Waals surface area contributed by atoms with Crippen molar-refractivity contribution in [2.24, 2.45) is 5.73 Å². The molecular formula is C15H15N3O3. The molecule has 1 aromatic carbocycles. The summed E-state index contributed by atoms with van der Waals surface area (Å²) in [4.78, 5) is 26.4. The van der Waals surface area contributed by atoms with Gasteiger partial charge in [0.05, 0.1) is 0 Å². The van der Waals surface area contributed by atoms with E-state index in [1.165, 1.54) is 12.3 Å². The summed E-state index contributed by atoms with van der Waals surface area (Å²) >= 11 is 0. The molecule has 1 atom stereocenters. The summed E-state index contributed by atoms with van der Waals surface area (Å²) in [5.74, 6) is -1.39. The molecule has 1 aromatic heterocycles. The third kappa shape index (κ3) is 3.87. The average molecular weight is 285 g/mol. The average Bonchev–Trinajstić information content (AvgIpc) is 2.53. The quantitative estimate of drug-likeness (QED) is 0.762. The molecule has 21 heavy (non-hydrogen) atoms. The summed E-state index contributed by atoms with van der Waals surface area (Å²) in [5.41, 5.74) is 7.26. The van der Waals surface area contributed by atoms with Gasteiger partial charge in [-0.1, -0.05) is 36.4 Å². The molecule has 2 rings (SSSR count). The highest BCUT2D eigenvalue weighted by atomic mass is 16.4. The van der Waals surface area contributed by atoms with Crippen LogP contribution in [0, 0.1) is 0 Å². The minimum absolute atomic E-state index is 0.0361. The molecule has 0 fully saturated rings. The fourth-order valence-electron chi connectivity index (χ4n) is 1.77. The highest BCUT2D eigenvalue weighted by molar-refractivity contribution is 5.85. The number of hydrogen-bond acceptors (Lipinski definition) is 4. The molecule has 0 bridgehead atoms. The van der Waals surface area contributed by atoms with Crippen molar-refractivity contribution in [3.63, 3.8) is 0 Å². The summed E-state index contributed by atoms with van der Waals surface area (Å²) < 4.78 is 0. The fourth-order valence-corrected chi connectivity index (χ4v) is 1.77. The first-order chi connectivity index (χ1) is 10.1. The highest BCUT2D eigenvalue weighted by Gasteiger charge is 2.14. The predicted octanol–water partition coefficient (Wildman–Crippen LogP) is 1.10. The number of aromatic carboxylic acids is 1. The summed E-state index contributed by atoms with van der Waals surface area (Å²) in [5, 5.41) is 11.4. The van der Waals surface area contributed by atoms with Crippen molar-refractivity contribution in [3.8, 4) is 0 Å². The van der Waals surface area contributed by atoms with Gasteiger partial charge in [0.25, 0.3) is 0 Å². The van der Waals surface area contributed by atoms with E-state index in [2.05, 4.69) is 10.3 Å². The maximum atomic E-state index is 11.9. The van der Waals surface area contributed by atoms with E-state index in [-0.39, 0.29) is 18.1 Å². The van der Waals surface area contributed by atoms with Crippen molar-refractivity contribution in [2.75, 3.05) is 0 Å². The van der Waals surface area contributed by atoms with E-state index in [0.29, 0.717) is 5.56 Å². The van der Waals surface area contributed by atoms with Gasteiger partial charge in [-0.15, -0.1) is 0 Å². The predicted molar refractivity (Wildman–Crippen MR) is 76.4 cm³/mol. The topological polar surface area (TPSA) is 105 Å². The van der Waals surface area contributed by atoms with Crippen LogP contribution in [-0.4, -0.2) is 22.0 Å². The molecule has 0 aliphatic carbocycles. The first kappa shape index (κ1) is 14.7. The number of pyridine rings is 1. The number of carboxylic acid groups (broad SMARTS) is 1. The van der Waals surface area contributed by atoms with Crippen LogP contribution in [0.3, 0.4) is 0 Å². The standard InChI is InChI=1S/C15H15N3O3/c16-13(11-4-2-1-3-5-11)14(19)18-9-10-6-7-12(15(20)21)17-8-10/h1-8,13H,9,16H2,(H,18,19)(H,20,21)/t13-/m0/s1. The number of nitrogens with zero attached hydrogens (tertiary/aromatic N) is 1. The number of carbonyl (C=O) groups excluding carboxylic acids is 1. The molecule has 0 unspecified atom stereocenters. The Morgan fingerprint density at radius 2 is 1.90 bits per heavy atom. The minimum Gasteiger partial charge on any atom is -0.477 e. The lowest BCUT2D eigenvalue weighted by Gasteiger charge is -2.12. The van der Waals surface area contributed by atoms with Crippen LogP contribution in [-0.2, 0) is 11.3 Å². The third-order valence-corrected chi connectivity index (χ3v) is 2.95. The lowest BCUT2D eigenvalue weighted by molar-refractivity contribution is -0.122. The Morgan fingerprint density at radius 3 is 2.48 bits per heavy atom. The lowest BCUT2D eigenvalue weighted by Crippen LogP contribution is -2.33. The van der Waals surface area contributed by atoms with Crippen LogP contribution >= 0.6 is 0 Å². The van der Waals surface area contributed by atoms with Gasteiger partial charge in [0.2, 0.25) is 5.91 Å². The van der Waals surface area contributed by atoms with Crippen molar-refractivity contribution >= 4 is 11.9 Å². The van der Waals surface area contributed by atoms with Gasteiger partial charge in [-0.25, -0.2) is 9.78 Å². The zero-order valence-electron chi connectivity index (χ0n) is 11.2. The molecule has 0 spiro atoms. The Balaban J connectivity index is 1.93. The second-order valence-corrected chi connectivity index (χ2v) is 4.46. The fraction of sp³-hybridized carbons (Fsp3) is 0.133. The SMILES string of the molecule is N[C@H](C(=O)NCc1ccc(C(=O)O)nc1)c1ccccc1. The van der Waals surface area contributed by atoms with E-state index < -0.39 is 12.0 Å². The van der Waals surface area contributed by atoms with Crippen LogP contribution in [0.4, 0.5) is 0 Å². The zero-order valence-corrected chi connectivity index (χ0v) is 11.2. The van der Waals surface area contributed by atoms with Crippen LogP contribution in [0.15, 0.2) is 48.7 Å². The first-order valence-corrected chi connectivity index (χ1v) is 6.34. The highest BCUT2D eigenvalue weighted by Crippen LogP contribution is 2.09. The van der Waals surface area contributed by atoms with Gasteiger partial charge < -0.3 is 16.2 Å². The summed E-state index contributed by atoms with van der Waals surface area (Å²) in [6.45, 7) is 0.242. The number of aromatic nitrogens is 1. The van der Waals surface area contributed by atoms with Crippen molar-refractivity contribution in [2.45, 2.75) is 12.6 Å². The van der Waals surface area contributed by atoms with E-state index in [9.17, 15) is 9.59 Å². The van der Waals surface area contributed by atoms with Gasteiger partial charge in [0.15, 0.2) is 0 Å². The molecule has 1 heterocycles. The molecule has 6 heteroatoms. The zero-order chi connectivity index (χ0) is 15.2. The maximum Gasteiger partial charge on any atom is 0.354 e. The van der Waals surface area contributed by atoms with Crippen LogP contribution in [0.2, 0.25) is 0 Å². The van der Waals surface area contributed by atoms with E-state index in [4.69, 9.17) is 10.8 Å². The van der Waals surface area contributed by atoms with Gasteiger partial charge >= 0.3 is 5.97 Å². The Morgan fingerprint density at radius 1 is 1.19 bits per heavy atom. The lowest BCUT2D eigenvalue weighted by atomic mass is 10.1. The van der Waals surface area contributed by atoms with Gasteiger partial charge in [0, 0.05) is 12.7 Å². The van der Waals surface area contributed by atoms with E-state index >= 15 is 0 Å². The molecule has 108 valence electrons. The van der Waals surface area contributed by atoms with Gasteiger partial charge in [-0.2, -0.15) is 0 Å². The Labute approximate surface area is 121 Å². The monoisotopic (exact) mass is 285 g/mol. The van der Waals surface area contributed by atoms with E-state index in [0.717, 1.165) is 5.56 Å². The Bertz CT molecular complexity index is 626. The van der Waals surface area contributed by atoms with Crippen LogP contribution in [0.5, 0.6) is 0 Å². The third-order valence-electron chi connectivity index (χ3n) is 2.95. The molecule has 0 saturated heterocycles. The number of rotatable bonds is 5. The largest absolute Gasteiger partial charge is 0.477 e. The van der Waals surface area contributed by atoms with Crippen LogP contribution in [0.25, 0.3) is 0 Å². The number of amides is 1.